The zero-order chi connectivity index (χ0) is 13.5. The van der Waals surface area contributed by atoms with Gasteiger partial charge in [-0.25, -0.2) is 0 Å². The SMILES string of the molecule is COCCC(CCl)NC(=O)c1ccc(Br)c(Cl)c1. The Bertz CT molecular complexity index is 415. The van der Waals surface area contributed by atoms with Crippen molar-refractivity contribution in [3.05, 3.63) is 33.3 Å². The lowest BCUT2D eigenvalue weighted by Gasteiger charge is -2.15. The Balaban J connectivity index is 2.65. The van der Waals surface area contributed by atoms with Crippen LogP contribution in [0.1, 0.15) is 16.8 Å². The molecule has 1 aromatic rings. The quantitative estimate of drug-likeness (QED) is 0.794. The van der Waals surface area contributed by atoms with Crippen LogP contribution in [0.3, 0.4) is 0 Å². The molecule has 0 aromatic heterocycles. The molecule has 6 heteroatoms. The topological polar surface area (TPSA) is 38.3 Å². The van der Waals surface area contributed by atoms with Gasteiger partial charge in [-0.2, -0.15) is 0 Å². The molecule has 3 nitrogen and oxygen atoms in total. The number of nitrogens with one attached hydrogen (secondary N) is 1. The second-order valence-corrected chi connectivity index (χ2v) is 5.31. The molecule has 0 fully saturated rings. The zero-order valence-corrected chi connectivity index (χ0v) is 13.0. The molecule has 1 N–H and O–H groups in total. The molecule has 0 radical (unpaired) electrons. The molecule has 1 rings (SSSR count). The van der Waals surface area contributed by atoms with Crippen LogP contribution in [0.5, 0.6) is 0 Å². The average Bonchev–Trinajstić information content (AvgIpc) is 2.37. The predicted octanol–water partition coefficient (Wildman–Crippen LogP) is 3.48. The smallest absolute Gasteiger partial charge is 0.251 e. The Kier molecular flexibility index (Phi) is 7.00. The third-order valence-corrected chi connectivity index (χ3v) is 3.98. The second-order valence-electron chi connectivity index (χ2n) is 3.74. The van der Waals surface area contributed by atoms with Crippen LogP contribution < -0.4 is 5.32 Å². The molecule has 0 aliphatic heterocycles. The van der Waals surface area contributed by atoms with Crippen molar-refractivity contribution in [1.82, 2.24) is 5.32 Å². The van der Waals surface area contributed by atoms with Crippen LogP contribution in [0, 0.1) is 0 Å². The van der Waals surface area contributed by atoms with Crippen LogP contribution in [0.25, 0.3) is 0 Å². The van der Waals surface area contributed by atoms with E-state index in [1.54, 1.807) is 25.3 Å². The lowest BCUT2D eigenvalue weighted by molar-refractivity contribution is 0.0930. The molecule has 100 valence electrons. The highest BCUT2D eigenvalue weighted by atomic mass is 79.9. The number of carbonyl (C=O) groups is 1. The minimum atomic E-state index is -0.189. The minimum Gasteiger partial charge on any atom is -0.385 e. The van der Waals surface area contributed by atoms with Crippen LogP contribution in [-0.2, 0) is 4.74 Å². The fourth-order valence-electron chi connectivity index (χ4n) is 1.35. The first-order valence-electron chi connectivity index (χ1n) is 5.39. The molecule has 0 saturated heterocycles. The van der Waals surface area contributed by atoms with E-state index in [1.165, 1.54) is 0 Å². The molecule has 0 bridgehead atoms. The highest BCUT2D eigenvalue weighted by molar-refractivity contribution is 9.10. The number of ether oxygens (including phenoxy) is 1. The van der Waals surface area contributed by atoms with E-state index in [2.05, 4.69) is 21.2 Å². The van der Waals surface area contributed by atoms with Crippen LogP contribution in [0.2, 0.25) is 5.02 Å². The average molecular weight is 355 g/mol. The summed E-state index contributed by atoms with van der Waals surface area (Å²) in [7, 11) is 1.61. The Hall–Kier alpha value is -0.290. The van der Waals surface area contributed by atoms with E-state index in [0.717, 1.165) is 4.47 Å². The number of rotatable bonds is 6. The van der Waals surface area contributed by atoms with Crippen LogP contribution >= 0.6 is 39.1 Å². The molecule has 0 aliphatic carbocycles. The van der Waals surface area contributed by atoms with Crippen molar-refractivity contribution in [1.29, 1.82) is 0 Å². The fraction of sp³-hybridized carbons (Fsp3) is 0.417. The highest BCUT2D eigenvalue weighted by Crippen LogP contribution is 2.23. The lowest BCUT2D eigenvalue weighted by atomic mass is 10.2. The van der Waals surface area contributed by atoms with Crippen molar-refractivity contribution in [3.63, 3.8) is 0 Å². The summed E-state index contributed by atoms with van der Waals surface area (Å²) in [6.07, 6.45) is 0.677. The van der Waals surface area contributed by atoms with Crippen molar-refractivity contribution in [2.75, 3.05) is 19.6 Å². The highest BCUT2D eigenvalue weighted by Gasteiger charge is 2.13. The van der Waals surface area contributed by atoms with Crippen molar-refractivity contribution in [2.45, 2.75) is 12.5 Å². The van der Waals surface area contributed by atoms with Gasteiger partial charge in [0.15, 0.2) is 0 Å². The van der Waals surface area contributed by atoms with Gasteiger partial charge in [0, 0.05) is 35.7 Å². The molecular formula is C12H14BrCl2NO2. The molecule has 1 atom stereocenters. The normalized spacial score (nSPS) is 12.2. The molecule has 1 aromatic carbocycles. The van der Waals surface area contributed by atoms with Crippen LogP contribution in [0.15, 0.2) is 22.7 Å². The van der Waals surface area contributed by atoms with Gasteiger partial charge < -0.3 is 10.1 Å². The number of hydrogen-bond acceptors (Lipinski definition) is 2. The second kappa shape index (κ2) is 8.00. The maximum absolute atomic E-state index is 12.0. The van der Waals surface area contributed by atoms with Gasteiger partial charge in [0.1, 0.15) is 0 Å². The van der Waals surface area contributed by atoms with Gasteiger partial charge in [0.05, 0.1) is 5.02 Å². The van der Waals surface area contributed by atoms with Crippen molar-refractivity contribution in [2.24, 2.45) is 0 Å². The maximum Gasteiger partial charge on any atom is 0.251 e. The number of hydrogen-bond donors (Lipinski definition) is 1. The molecule has 0 heterocycles. The van der Waals surface area contributed by atoms with Crippen molar-refractivity contribution in [3.8, 4) is 0 Å². The van der Waals surface area contributed by atoms with Crippen molar-refractivity contribution >= 4 is 45.0 Å². The first kappa shape index (κ1) is 15.8. The number of amides is 1. The van der Waals surface area contributed by atoms with Gasteiger partial charge in [0.2, 0.25) is 0 Å². The Morgan fingerprint density at radius 3 is 2.83 bits per heavy atom. The van der Waals surface area contributed by atoms with Gasteiger partial charge >= 0.3 is 0 Å². The fourth-order valence-corrected chi connectivity index (χ4v) is 2.01. The summed E-state index contributed by atoms with van der Waals surface area (Å²) >= 11 is 15.0. The Morgan fingerprint density at radius 1 is 1.56 bits per heavy atom. The number of benzene rings is 1. The monoisotopic (exact) mass is 353 g/mol. The number of methoxy groups -OCH3 is 1. The van der Waals surface area contributed by atoms with E-state index in [9.17, 15) is 4.79 Å². The summed E-state index contributed by atoms with van der Waals surface area (Å²) in [5.41, 5.74) is 0.510. The Morgan fingerprint density at radius 2 is 2.28 bits per heavy atom. The van der Waals surface area contributed by atoms with Crippen LogP contribution in [-0.4, -0.2) is 31.5 Å². The van der Waals surface area contributed by atoms with Gasteiger partial charge in [-0.1, -0.05) is 11.6 Å². The van der Waals surface area contributed by atoms with E-state index in [-0.39, 0.29) is 11.9 Å². The van der Waals surface area contributed by atoms with E-state index in [4.69, 9.17) is 27.9 Å². The van der Waals surface area contributed by atoms with E-state index in [0.29, 0.717) is 29.5 Å². The van der Waals surface area contributed by atoms with Gasteiger partial charge in [-0.05, 0) is 40.5 Å². The molecular weight excluding hydrogens is 341 g/mol. The molecule has 0 spiro atoms. The lowest BCUT2D eigenvalue weighted by Crippen LogP contribution is -2.37. The third kappa shape index (κ3) is 4.76. The summed E-state index contributed by atoms with van der Waals surface area (Å²) in [6.45, 7) is 0.554. The summed E-state index contributed by atoms with van der Waals surface area (Å²) in [5, 5.41) is 3.34. The van der Waals surface area contributed by atoms with Gasteiger partial charge in [-0.3, -0.25) is 4.79 Å². The van der Waals surface area contributed by atoms with E-state index in [1.807, 2.05) is 0 Å². The number of alkyl halides is 1. The maximum atomic E-state index is 12.0. The predicted molar refractivity (Wildman–Crippen MR) is 77.6 cm³/mol. The van der Waals surface area contributed by atoms with Gasteiger partial charge in [0.25, 0.3) is 5.91 Å². The molecule has 0 aliphatic rings. The first-order chi connectivity index (χ1) is 8.58. The zero-order valence-electron chi connectivity index (χ0n) is 9.88. The summed E-state index contributed by atoms with van der Waals surface area (Å²) in [4.78, 5) is 12.0. The molecule has 0 saturated carbocycles. The standard InChI is InChI=1S/C12H14BrCl2NO2/c1-18-5-4-9(7-14)16-12(17)8-2-3-10(13)11(15)6-8/h2-3,6,9H,4-5,7H2,1H3,(H,16,17). The number of halogens is 3. The van der Waals surface area contributed by atoms with E-state index >= 15 is 0 Å². The molecule has 1 amide bonds. The van der Waals surface area contributed by atoms with Crippen molar-refractivity contribution < 1.29 is 9.53 Å². The first-order valence-corrected chi connectivity index (χ1v) is 7.09. The van der Waals surface area contributed by atoms with E-state index < -0.39 is 0 Å². The molecule has 1 unspecified atom stereocenters. The van der Waals surface area contributed by atoms with Gasteiger partial charge in [-0.15, -0.1) is 11.6 Å². The largest absolute Gasteiger partial charge is 0.385 e. The number of carbonyl (C=O) groups excluding carboxylic acids is 1. The Labute approximate surface area is 125 Å². The molecule has 18 heavy (non-hydrogen) atoms. The minimum absolute atomic E-state index is 0.110. The summed E-state index contributed by atoms with van der Waals surface area (Å²) in [6, 6.07) is 4.94. The summed E-state index contributed by atoms with van der Waals surface area (Å²) in [5.74, 6) is 0.158. The third-order valence-electron chi connectivity index (χ3n) is 2.37. The van der Waals surface area contributed by atoms with Crippen LogP contribution in [0.4, 0.5) is 0 Å². The summed E-state index contributed by atoms with van der Waals surface area (Å²) < 4.78 is 5.72.